The molecule has 0 saturated carbocycles. The summed E-state index contributed by atoms with van der Waals surface area (Å²) in [7, 11) is -1.65. The number of fused-ring (bicyclic) bond motifs is 1. The molecule has 2 heterocycles. The molecule has 0 N–H and O–H groups in total. The second-order valence-electron chi connectivity index (χ2n) is 9.38. The SMILES string of the molecule is CN(CC=Cc1ccc(Cl)cc1)CCN(CCN1CCCCC1)S(=O)(=O)c1cccc2cnccc12. The van der Waals surface area contributed by atoms with Crippen molar-refractivity contribution in [3.05, 3.63) is 77.6 Å². The molecule has 0 spiro atoms. The average molecular weight is 527 g/mol. The van der Waals surface area contributed by atoms with Gasteiger partial charge in [-0.2, -0.15) is 4.31 Å². The summed E-state index contributed by atoms with van der Waals surface area (Å²) in [6.07, 6.45) is 11.2. The fraction of sp³-hybridized carbons (Fsp3) is 0.393. The number of sulfonamides is 1. The van der Waals surface area contributed by atoms with Crippen LogP contribution >= 0.6 is 11.6 Å². The summed E-state index contributed by atoms with van der Waals surface area (Å²) < 4.78 is 29.5. The van der Waals surface area contributed by atoms with Crippen LogP contribution in [0.4, 0.5) is 0 Å². The van der Waals surface area contributed by atoms with Crippen LogP contribution in [0.5, 0.6) is 0 Å². The van der Waals surface area contributed by atoms with E-state index in [-0.39, 0.29) is 0 Å². The maximum Gasteiger partial charge on any atom is 0.243 e. The highest BCUT2D eigenvalue weighted by Gasteiger charge is 2.27. The molecule has 0 radical (unpaired) electrons. The molecule has 0 amide bonds. The highest BCUT2D eigenvalue weighted by Crippen LogP contribution is 2.25. The van der Waals surface area contributed by atoms with Gasteiger partial charge in [-0.15, -0.1) is 0 Å². The van der Waals surface area contributed by atoms with Crippen molar-refractivity contribution < 1.29 is 8.42 Å². The maximum atomic E-state index is 13.9. The second-order valence-corrected chi connectivity index (χ2v) is 11.7. The summed E-state index contributed by atoms with van der Waals surface area (Å²) in [5, 5.41) is 2.27. The van der Waals surface area contributed by atoms with Crippen molar-refractivity contribution in [1.82, 2.24) is 19.1 Å². The van der Waals surface area contributed by atoms with Gasteiger partial charge in [-0.1, -0.05) is 54.4 Å². The molecule has 1 saturated heterocycles. The Kier molecular flexibility index (Phi) is 9.51. The molecule has 1 aromatic heterocycles. The van der Waals surface area contributed by atoms with E-state index in [1.165, 1.54) is 19.3 Å². The van der Waals surface area contributed by atoms with E-state index in [0.29, 0.717) is 24.5 Å². The molecular formula is C28H35ClN4O2S. The van der Waals surface area contributed by atoms with Crippen LogP contribution in [0.15, 0.2) is 71.9 Å². The largest absolute Gasteiger partial charge is 0.302 e. The fourth-order valence-corrected chi connectivity index (χ4v) is 6.32. The first-order valence-corrected chi connectivity index (χ1v) is 14.4. The molecule has 1 fully saturated rings. The highest BCUT2D eigenvalue weighted by molar-refractivity contribution is 7.89. The van der Waals surface area contributed by atoms with E-state index < -0.39 is 10.0 Å². The highest BCUT2D eigenvalue weighted by atomic mass is 35.5. The minimum atomic E-state index is -3.67. The van der Waals surface area contributed by atoms with E-state index >= 15 is 0 Å². The third-order valence-electron chi connectivity index (χ3n) is 6.70. The number of piperidine rings is 1. The van der Waals surface area contributed by atoms with Gasteiger partial charge in [-0.05, 0) is 62.8 Å². The predicted octanol–water partition coefficient (Wildman–Crippen LogP) is 5.01. The van der Waals surface area contributed by atoms with Crippen molar-refractivity contribution in [3.8, 4) is 0 Å². The third-order valence-corrected chi connectivity index (χ3v) is 8.91. The van der Waals surface area contributed by atoms with Gasteiger partial charge in [0.25, 0.3) is 0 Å². The summed E-state index contributed by atoms with van der Waals surface area (Å²) in [6.45, 7) is 5.12. The number of likely N-dealkylation sites (tertiary alicyclic amines) is 1. The number of hydrogen-bond donors (Lipinski definition) is 0. The molecule has 0 bridgehead atoms. The number of rotatable bonds is 11. The first kappa shape index (κ1) is 26.8. The summed E-state index contributed by atoms with van der Waals surface area (Å²) in [4.78, 5) is 9.04. The quantitative estimate of drug-likeness (QED) is 0.351. The molecule has 0 aliphatic carbocycles. The van der Waals surface area contributed by atoms with Gasteiger partial charge < -0.3 is 9.80 Å². The number of hydrogen-bond acceptors (Lipinski definition) is 5. The van der Waals surface area contributed by atoms with Crippen molar-refractivity contribution in [1.29, 1.82) is 0 Å². The van der Waals surface area contributed by atoms with Gasteiger partial charge in [0.05, 0.1) is 4.90 Å². The lowest BCUT2D eigenvalue weighted by Crippen LogP contribution is -2.43. The van der Waals surface area contributed by atoms with Crippen LogP contribution in [0.2, 0.25) is 5.02 Å². The minimum absolute atomic E-state index is 0.353. The Balaban J connectivity index is 1.46. The number of aromatic nitrogens is 1. The lowest BCUT2D eigenvalue weighted by atomic mass is 10.1. The van der Waals surface area contributed by atoms with Crippen molar-refractivity contribution in [2.24, 2.45) is 0 Å². The molecule has 2 aromatic carbocycles. The number of likely N-dealkylation sites (N-methyl/N-ethyl adjacent to an activating group) is 1. The molecule has 3 aromatic rings. The zero-order chi connectivity index (χ0) is 25.4. The van der Waals surface area contributed by atoms with E-state index in [4.69, 9.17) is 11.6 Å². The zero-order valence-electron chi connectivity index (χ0n) is 20.9. The lowest BCUT2D eigenvalue weighted by Gasteiger charge is -2.30. The maximum absolute atomic E-state index is 13.9. The van der Waals surface area contributed by atoms with Crippen molar-refractivity contribution in [2.75, 3.05) is 52.9 Å². The van der Waals surface area contributed by atoms with Crippen LogP contribution in [-0.2, 0) is 10.0 Å². The smallest absolute Gasteiger partial charge is 0.243 e. The minimum Gasteiger partial charge on any atom is -0.302 e. The normalized spacial score (nSPS) is 15.4. The van der Waals surface area contributed by atoms with E-state index in [2.05, 4.69) is 26.9 Å². The molecule has 4 rings (SSSR count). The van der Waals surface area contributed by atoms with Crippen LogP contribution in [0.25, 0.3) is 16.8 Å². The van der Waals surface area contributed by atoms with Crippen LogP contribution in [0.3, 0.4) is 0 Å². The molecule has 8 heteroatoms. The van der Waals surface area contributed by atoms with Gasteiger partial charge in [0.1, 0.15) is 0 Å². The van der Waals surface area contributed by atoms with Gasteiger partial charge in [-0.25, -0.2) is 8.42 Å². The van der Waals surface area contributed by atoms with E-state index in [1.54, 1.807) is 34.9 Å². The van der Waals surface area contributed by atoms with Crippen molar-refractivity contribution in [3.63, 3.8) is 0 Å². The monoisotopic (exact) mass is 526 g/mol. The molecule has 0 unspecified atom stereocenters. The first-order chi connectivity index (χ1) is 17.4. The standard InChI is InChI=1S/C28H35ClN4O2S/c1-31(16-6-7-24-10-12-26(29)13-11-24)19-21-33(22-20-32-17-3-2-4-18-32)36(34,35)28-9-5-8-25-23-30-15-14-27(25)28/h5-15,23H,2-4,16-22H2,1H3. The van der Waals surface area contributed by atoms with Crippen LogP contribution < -0.4 is 0 Å². The molecule has 36 heavy (non-hydrogen) atoms. The second kappa shape index (κ2) is 12.8. The number of pyridine rings is 1. The lowest BCUT2D eigenvalue weighted by molar-refractivity contribution is 0.208. The zero-order valence-corrected chi connectivity index (χ0v) is 22.5. The third kappa shape index (κ3) is 7.14. The molecule has 192 valence electrons. The molecule has 6 nitrogen and oxygen atoms in total. The van der Waals surface area contributed by atoms with Crippen LogP contribution in [0.1, 0.15) is 24.8 Å². The molecular weight excluding hydrogens is 492 g/mol. The Bertz CT molecular complexity index is 1250. The number of halogens is 1. The summed E-state index contributed by atoms with van der Waals surface area (Å²) in [5.41, 5.74) is 1.09. The van der Waals surface area contributed by atoms with Crippen molar-refractivity contribution in [2.45, 2.75) is 24.2 Å². The fourth-order valence-electron chi connectivity index (χ4n) is 4.56. The van der Waals surface area contributed by atoms with Gasteiger partial charge in [0, 0.05) is 60.9 Å². The van der Waals surface area contributed by atoms with Crippen LogP contribution in [-0.4, -0.2) is 80.4 Å². The van der Waals surface area contributed by atoms with Gasteiger partial charge in [-0.3, -0.25) is 4.98 Å². The Morgan fingerprint density at radius 2 is 1.78 bits per heavy atom. The van der Waals surface area contributed by atoms with E-state index in [9.17, 15) is 8.42 Å². The molecule has 0 atom stereocenters. The Labute approximate surface area is 220 Å². The summed E-state index contributed by atoms with van der Waals surface area (Å²) in [5.74, 6) is 0. The Hall–Kier alpha value is -2.29. The molecule has 1 aliphatic rings. The average Bonchev–Trinajstić information content (AvgIpc) is 2.90. The Morgan fingerprint density at radius 1 is 1.00 bits per heavy atom. The number of nitrogens with zero attached hydrogens (tertiary/aromatic N) is 4. The predicted molar refractivity (Wildman–Crippen MR) is 149 cm³/mol. The van der Waals surface area contributed by atoms with Gasteiger partial charge in [0.2, 0.25) is 10.0 Å². The van der Waals surface area contributed by atoms with E-state index in [1.807, 2.05) is 37.4 Å². The first-order valence-electron chi connectivity index (χ1n) is 12.6. The summed E-state index contributed by atoms with van der Waals surface area (Å²) in [6, 6.07) is 14.9. The Morgan fingerprint density at radius 3 is 2.56 bits per heavy atom. The summed E-state index contributed by atoms with van der Waals surface area (Å²) >= 11 is 5.96. The van der Waals surface area contributed by atoms with Gasteiger partial charge >= 0.3 is 0 Å². The molecule has 1 aliphatic heterocycles. The topological polar surface area (TPSA) is 56.8 Å². The van der Waals surface area contributed by atoms with Crippen molar-refractivity contribution >= 4 is 38.5 Å². The van der Waals surface area contributed by atoms with Crippen LogP contribution in [0, 0.1) is 0 Å². The van der Waals surface area contributed by atoms with Gasteiger partial charge in [0.15, 0.2) is 0 Å². The van der Waals surface area contributed by atoms with E-state index in [0.717, 1.165) is 47.5 Å². The number of benzene rings is 2.